The van der Waals surface area contributed by atoms with E-state index in [0.717, 1.165) is 5.69 Å². The maximum atomic E-state index is 12.8. The van der Waals surface area contributed by atoms with Crippen LogP contribution < -0.4 is 5.32 Å². The van der Waals surface area contributed by atoms with Crippen molar-refractivity contribution in [2.75, 3.05) is 12.4 Å². The van der Waals surface area contributed by atoms with Gasteiger partial charge in [-0.3, -0.25) is 4.79 Å². The number of halogens is 1. The van der Waals surface area contributed by atoms with Crippen LogP contribution in [0.3, 0.4) is 0 Å². The molecule has 0 unspecified atom stereocenters. The van der Waals surface area contributed by atoms with Gasteiger partial charge in [-0.15, -0.1) is 0 Å². The lowest BCUT2D eigenvalue weighted by molar-refractivity contribution is -0.104. The maximum absolute atomic E-state index is 12.8. The number of anilines is 1. The summed E-state index contributed by atoms with van der Waals surface area (Å²) in [5, 5.41) is 2.90. The molecule has 2 nitrogen and oxygen atoms in total. The monoisotopic (exact) mass is 179 g/mol. The van der Waals surface area contributed by atoms with Crippen molar-refractivity contribution in [1.82, 2.24) is 0 Å². The van der Waals surface area contributed by atoms with E-state index in [9.17, 15) is 9.18 Å². The van der Waals surface area contributed by atoms with Gasteiger partial charge in [0.1, 0.15) is 12.1 Å². The van der Waals surface area contributed by atoms with Gasteiger partial charge >= 0.3 is 0 Å². The van der Waals surface area contributed by atoms with E-state index in [4.69, 9.17) is 0 Å². The quantitative estimate of drug-likeness (QED) is 0.568. The molecule has 0 amide bonds. The third kappa shape index (κ3) is 2.40. The minimum atomic E-state index is -0.315. The van der Waals surface area contributed by atoms with Gasteiger partial charge in [0.15, 0.2) is 0 Å². The molecule has 1 aromatic carbocycles. The Kier molecular flexibility index (Phi) is 3.20. The zero-order valence-corrected chi connectivity index (χ0v) is 7.25. The Hall–Kier alpha value is -1.64. The fraction of sp³-hybridized carbons (Fsp3) is 0.100. The molecule has 0 heterocycles. The van der Waals surface area contributed by atoms with Crippen LogP contribution in [0.1, 0.15) is 5.56 Å². The zero-order valence-electron chi connectivity index (χ0n) is 7.25. The van der Waals surface area contributed by atoms with E-state index in [1.165, 1.54) is 18.2 Å². The summed E-state index contributed by atoms with van der Waals surface area (Å²) in [4.78, 5) is 10.1. The highest BCUT2D eigenvalue weighted by Crippen LogP contribution is 2.17. The Morgan fingerprint density at radius 2 is 2.23 bits per heavy atom. The van der Waals surface area contributed by atoms with Crippen LogP contribution in [0.2, 0.25) is 0 Å². The Morgan fingerprint density at radius 3 is 2.85 bits per heavy atom. The van der Waals surface area contributed by atoms with E-state index in [2.05, 4.69) is 5.32 Å². The van der Waals surface area contributed by atoms with E-state index in [1.54, 1.807) is 19.2 Å². The second kappa shape index (κ2) is 4.40. The molecule has 1 rings (SSSR count). The normalized spacial score (nSPS) is 10.3. The minimum absolute atomic E-state index is 0.315. The minimum Gasteiger partial charge on any atom is -0.388 e. The van der Waals surface area contributed by atoms with Crippen LogP contribution in [0.4, 0.5) is 10.1 Å². The second-order valence-corrected chi connectivity index (χ2v) is 2.48. The van der Waals surface area contributed by atoms with Crippen molar-refractivity contribution in [3.63, 3.8) is 0 Å². The summed E-state index contributed by atoms with van der Waals surface area (Å²) in [6.45, 7) is 0. The largest absolute Gasteiger partial charge is 0.388 e. The lowest BCUT2D eigenvalue weighted by atomic mass is 10.1. The molecular weight excluding hydrogens is 169 g/mol. The maximum Gasteiger partial charge on any atom is 0.142 e. The van der Waals surface area contributed by atoms with Crippen molar-refractivity contribution < 1.29 is 9.18 Å². The van der Waals surface area contributed by atoms with Crippen molar-refractivity contribution in [1.29, 1.82) is 0 Å². The predicted molar refractivity (Wildman–Crippen MR) is 51.0 cm³/mol. The summed E-state index contributed by atoms with van der Waals surface area (Å²) in [5.74, 6) is -0.315. The molecule has 3 heteroatoms. The summed E-state index contributed by atoms with van der Waals surface area (Å²) >= 11 is 0. The first-order valence-electron chi connectivity index (χ1n) is 3.87. The molecule has 0 spiro atoms. The van der Waals surface area contributed by atoms with E-state index in [0.29, 0.717) is 11.8 Å². The average molecular weight is 179 g/mol. The van der Waals surface area contributed by atoms with Crippen molar-refractivity contribution in [2.45, 2.75) is 0 Å². The van der Waals surface area contributed by atoms with Gasteiger partial charge in [0.25, 0.3) is 0 Å². The number of benzene rings is 1. The molecule has 13 heavy (non-hydrogen) atoms. The topological polar surface area (TPSA) is 29.1 Å². The summed E-state index contributed by atoms with van der Waals surface area (Å²) in [6.07, 6.45) is 3.54. The molecule has 0 aliphatic carbocycles. The number of carbonyl (C=O) groups is 1. The van der Waals surface area contributed by atoms with Crippen molar-refractivity contribution in [3.05, 3.63) is 35.7 Å². The molecule has 0 aromatic heterocycles. The average Bonchev–Trinajstić information content (AvgIpc) is 2.15. The molecule has 0 radical (unpaired) electrons. The zero-order chi connectivity index (χ0) is 9.68. The van der Waals surface area contributed by atoms with Crippen LogP contribution in [0.5, 0.6) is 0 Å². The second-order valence-electron chi connectivity index (χ2n) is 2.48. The van der Waals surface area contributed by atoms with Gasteiger partial charge in [-0.2, -0.15) is 0 Å². The first-order chi connectivity index (χ1) is 6.27. The highest BCUT2D eigenvalue weighted by atomic mass is 19.1. The number of carbonyl (C=O) groups excluding carboxylic acids is 1. The Morgan fingerprint density at radius 1 is 1.46 bits per heavy atom. The molecular formula is C10H10FNO. The van der Waals surface area contributed by atoms with Crippen molar-refractivity contribution >= 4 is 18.0 Å². The summed E-state index contributed by atoms with van der Waals surface area (Å²) in [5.41, 5.74) is 1.45. The van der Waals surface area contributed by atoms with E-state index < -0.39 is 0 Å². The van der Waals surface area contributed by atoms with Crippen LogP contribution in [0.15, 0.2) is 24.3 Å². The molecule has 0 atom stereocenters. The molecule has 1 aromatic rings. The molecule has 68 valence electrons. The summed E-state index contributed by atoms with van der Waals surface area (Å²) < 4.78 is 12.8. The third-order valence-electron chi connectivity index (χ3n) is 1.64. The van der Waals surface area contributed by atoms with E-state index >= 15 is 0 Å². The number of aldehydes is 1. The van der Waals surface area contributed by atoms with Gasteiger partial charge < -0.3 is 5.32 Å². The molecule has 1 N–H and O–H groups in total. The molecule has 0 saturated heterocycles. The van der Waals surface area contributed by atoms with E-state index in [1.807, 2.05) is 0 Å². The Bertz CT molecular complexity index is 334. The number of hydrogen-bond acceptors (Lipinski definition) is 2. The van der Waals surface area contributed by atoms with Crippen LogP contribution in [0.25, 0.3) is 6.08 Å². The molecule has 0 saturated carbocycles. The van der Waals surface area contributed by atoms with Gasteiger partial charge in [0.2, 0.25) is 0 Å². The van der Waals surface area contributed by atoms with Gasteiger partial charge in [-0.05, 0) is 30.4 Å². The Labute approximate surface area is 76.1 Å². The van der Waals surface area contributed by atoms with Gasteiger partial charge in [-0.1, -0.05) is 0 Å². The lowest BCUT2D eigenvalue weighted by Crippen LogP contribution is -1.91. The highest BCUT2D eigenvalue weighted by molar-refractivity contribution is 5.77. The Balaban J connectivity index is 3.07. The first-order valence-corrected chi connectivity index (χ1v) is 3.87. The highest BCUT2D eigenvalue weighted by Gasteiger charge is 1.98. The molecule has 0 fully saturated rings. The first kappa shape index (κ1) is 9.45. The van der Waals surface area contributed by atoms with Gasteiger partial charge in [0.05, 0.1) is 0 Å². The number of allylic oxidation sites excluding steroid dienone is 1. The standard InChI is InChI=1S/C10H10FNO/c1-12-10-5-4-9(11)7-8(10)3-2-6-13/h2-7,12H,1H3/b3-2-. The fourth-order valence-electron chi connectivity index (χ4n) is 1.04. The van der Waals surface area contributed by atoms with Gasteiger partial charge in [0, 0.05) is 18.3 Å². The number of nitrogens with one attached hydrogen (secondary N) is 1. The SMILES string of the molecule is CNc1ccc(F)cc1/C=C\C=O. The fourth-order valence-corrected chi connectivity index (χ4v) is 1.04. The smallest absolute Gasteiger partial charge is 0.142 e. The van der Waals surface area contributed by atoms with Crippen LogP contribution in [-0.4, -0.2) is 13.3 Å². The van der Waals surface area contributed by atoms with Crippen molar-refractivity contribution in [3.8, 4) is 0 Å². The van der Waals surface area contributed by atoms with Crippen LogP contribution >= 0.6 is 0 Å². The number of rotatable bonds is 3. The lowest BCUT2D eigenvalue weighted by Gasteiger charge is -2.04. The third-order valence-corrected chi connectivity index (χ3v) is 1.64. The van der Waals surface area contributed by atoms with Crippen molar-refractivity contribution in [2.24, 2.45) is 0 Å². The van der Waals surface area contributed by atoms with E-state index in [-0.39, 0.29) is 5.82 Å². The molecule has 0 bridgehead atoms. The number of hydrogen-bond donors (Lipinski definition) is 1. The predicted octanol–water partition coefficient (Wildman–Crippen LogP) is 2.08. The summed E-state index contributed by atoms with van der Waals surface area (Å²) in [6, 6.07) is 4.36. The van der Waals surface area contributed by atoms with Gasteiger partial charge in [-0.25, -0.2) is 4.39 Å². The van der Waals surface area contributed by atoms with Crippen LogP contribution in [-0.2, 0) is 4.79 Å². The van der Waals surface area contributed by atoms with Crippen LogP contribution in [0, 0.1) is 5.82 Å². The molecule has 0 aliphatic heterocycles. The summed E-state index contributed by atoms with van der Waals surface area (Å²) in [7, 11) is 1.74. The molecule has 0 aliphatic rings.